The first-order chi connectivity index (χ1) is 30.3. The topological polar surface area (TPSA) is 161 Å². The quantitative estimate of drug-likeness (QED) is 0.122. The second-order valence-electron chi connectivity index (χ2n) is 20.6. The number of hydrogen-bond acceptors (Lipinski definition) is 11. The van der Waals surface area contributed by atoms with Crippen molar-refractivity contribution in [3.8, 4) is 0 Å². The number of aliphatic carboxylic acids is 1. The second kappa shape index (κ2) is 17.0. The van der Waals surface area contributed by atoms with Crippen molar-refractivity contribution in [3.05, 3.63) is 34.9 Å². The summed E-state index contributed by atoms with van der Waals surface area (Å²) in [6.45, 7) is 10.9. The average molecular weight is 911 g/mol. The zero-order valence-electron chi connectivity index (χ0n) is 37.4. The minimum atomic E-state index is -1.92. The van der Waals surface area contributed by atoms with Crippen LogP contribution in [0.2, 0.25) is 0 Å². The van der Waals surface area contributed by atoms with Crippen molar-refractivity contribution in [1.29, 1.82) is 0 Å². The van der Waals surface area contributed by atoms with Crippen molar-refractivity contribution >= 4 is 17.8 Å². The molecule has 1 aromatic carbocycles. The summed E-state index contributed by atoms with van der Waals surface area (Å²) in [4.78, 5) is 65.8. The smallest absolute Gasteiger partial charge is 0.322 e. The van der Waals surface area contributed by atoms with Gasteiger partial charge >= 0.3 is 5.97 Å². The Kier molecular flexibility index (Phi) is 12.2. The Hall–Kier alpha value is -2.97. The molecule has 0 aromatic heterocycles. The summed E-state index contributed by atoms with van der Waals surface area (Å²) in [7, 11) is 0. The summed E-state index contributed by atoms with van der Waals surface area (Å²) < 4.78 is 87.1. The Morgan fingerprint density at radius 2 is 1.23 bits per heavy atom. The number of halogens is 4. The van der Waals surface area contributed by atoms with Crippen molar-refractivity contribution in [3.63, 3.8) is 0 Å². The van der Waals surface area contributed by atoms with E-state index in [1.807, 2.05) is 13.8 Å². The molecule has 8 heterocycles. The molecule has 1 aromatic rings. The van der Waals surface area contributed by atoms with E-state index in [0.29, 0.717) is 24.7 Å². The van der Waals surface area contributed by atoms with Crippen molar-refractivity contribution in [2.24, 2.45) is 47.3 Å². The highest BCUT2D eigenvalue weighted by molar-refractivity contribution is 5.98. The minimum absolute atomic E-state index is 0.00788. The van der Waals surface area contributed by atoms with E-state index >= 15 is 8.78 Å². The Morgan fingerprint density at radius 3 is 1.73 bits per heavy atom. The summed E-state index contributed by atoms with van der Waals surface area (Å²) in [5.74, 6) is -12.8. The van der Waals surface area contributed by atoms with Crippen molar-refractivity contribution < 1.29 is 75.5 Å². The molecule has 1 unspecified atom stereocenters. The van der Waals surface area contributed by atoms with Crippen LogP contribution in [0.1, 0.15) is 129 Å². The third-order valence-electron chi connectivity index (χ3n) is 16.9. The summed E-state index contributed by atoms with van der Waals surface area (Å²) in [6, 6.07) is -1.56. The Labute approximate surface area is 370 Å². The van der Waals surface area contributed by atoms with Gasteiger partial charge in [0.1, 0.15) is 18.2 Å². The van der Waals surface area contributed by atoms with Crippen LogP contribution < -0.4 is 5.32 Å². The molecule has 14 nitrogen and oxygen atoms in total. The van der Waals surface area contributed by atoms with E-state index in [1.54, 1.807) is 6.92 Å². The number of carbonyl (C=O) groups excluding carboxylic acids is 2. The Balaban J connectivity index is 1.00. The fraction of sp³-hybridized carbons (Fsp3) is 0.804. The predicted molar refractivity (Wildman–Crippen MR) is 214 cm³/mol. The lowest BCUT2D eigenvalue weighted by atomic mass is 9.57. The fourth-order valence-electron chi connectivity index (χ4n) is 13.4. The maximum absolute atomic E-state index is 15.5. The van der Waals surface area contributed by atoms with Crippen molar-refractivity contribution in [2.75, 3.05) is 13.1 Å². The molecule has 11 rings (SSSR count). The number of rotatable bonds is 12. The molecule has 10 aliphatic rings. The number of ether oxygens (including phenoxy) is 4. The molecule has 356 valence electrons. The lowest BCUT2D eigenvalue weighted by Gasteiger charge is -2.60. The van der Waals surface area contributed by atoms with Gasteiger partial charge in [0.25, 0.3) is 5.91 Å². The number of carboxylic acid groups (broad SMARTS) is 1. The number of carbonyl (C=O) groups is 3. The highest BCUT2D eigenvalue weighted by atomic mass is 19.2. The molecule has 8 saturated heterocycles. The highest BCUT2D eigenvalue weighted by Gasteiger charge is 2.71. The monoisotopic (exact) mass is 910 g/mol. The number of amides is 2. The normalized spacial score (nSPS) is 43.6. The van der Waals surface area contributed by atoms with Gasteiger partial charge in [0, 0.05) is 37.3 Å². The van der Waals surface area contributed by atoms with E-state index in [1.165, 1.54) is 0 Å². The maximum atomic E-state index is 15.5. The van der Waals surface area contributed by atoms with E-state index in [4.69, 9.17) is 38.5 Å². The van der Waals surface area contributed by atoms with E-state index in [9.17, 15) is 28.3 Å². The number of nitrogens with one attached hydrogen (secondary N) is 1. The largest absolute Gasteiger partial charge is 0.480 e. The minimum Gasteiger partial charge on any atom is -0.480 e. The van der Waals surface area contributed by atoms with E-state index in [-0.39, 0.29) is 73.8 Å². The van der Waals surface area contributed by atoms with Crippen LogP contribution in [0.3, 0.4) is 0 Å². The summed E-state index contributed by atoms with van der Waals surface area (Å²) >= 11 is 0. The number of benzene rings is 1. The molecule has 17 atom stereocenters. The maximum Gasteiger partial charge on any atom is 0.322 e. The first-order valence-electron chi connectivity index (χ1n) is 23.4. The van der Waals surface area contributed by atoms with Gasteiger partial charge in [-0.1, -0.05) is 27.7 Å². The zero-order chi connectivity index (χ0) is 45.7. The number of carboxylic acids is 1. The molecule has 2 spiro atoms. The zero-order valence-corrected chi connectivity index (χ0v) is 37.4. The van der Waals surface area contributed by atoms with Crippen LogP contribution in [0.15, 0.2) is 6.07 Å². The summed E-state index contributed by atoms with van der Waals surface area (Å²) in [5, 5.41) is 11.9. The van der Waals surface area contributed by atoms with Gasteiger partial charge in [0.15, 0.2) is 47.1 Å². The number of hydrogen-bond donors (Lipinski definition) is 2. The van der Waals surface area contributed by atoms with Crippen LogP contribution >= 0.6 is 0 Å². The Morgan fingerprint density at radius 1 is 0.734 bits per heavy atom. The van der Waals surface area contributed by atoms with Crippen LogP contribution in [0.4, 0.5) is 17.6 Å². The van der Waals surface area contributed by atoms with Crippen LogP contribution in [0.5, 0.6) is 0 Å². The SMILES string of the molecule is C[C@H]1[C@@H](CCCN(C(=O)c2c(F)c(F)cc(F)c2F)C(CC[C@H]2O[C@@H]3O[C@@]4(C)CC[C@H]5[C@H](C)CC[C@@H]([C@H]2C)[C@@]35OO4)C(=O)NCC(=O)O)O[C@@H]2O[C@@]3(C)CC[C@H]4[C@H](C)CC[C@@H]1[C@@]24OO3. The molecule has 18 heteroatoms. The third-order valence-corrected chi connectivity index (χ3v) is 16.9. The molecule has 2 aliphatic carbocycles. The van der Waals surface area contributed by atoms with Gasteiger partial charge in [-0.05, 0) is 114 Å². The van der Waals surface area contributed by atoms with E-state index in [0.717, 1.165) is 43.4 Å². The molecule has 2 amide bonds. The standard InChI is InChI=1S/C46H62F4N2O12/c1-22-9-11-28-24(3)33(57-41-45(28)26(22)15-17-43(5,59-41)61-63-45)8-7-19-52(40(56)36-37(49)30(47)20-31(48)38(36)50)32(39(55)51-21-35(53)54)13-14-34-25(4)29-12-10-23(2)27-16-18-44(6)60-42(58-34)46(27,29)64-62-44/h20,22-29,32-34,41-42H,7-19,21H2,1-6H3,(H,51,55)(H,53,54)/t22-,23-,24-,25-,26+,27+,28+,29+,32?,33-,34-,41-,42-,43-,44-,45-,46-/m1/s1. The Bertz CT molecular complexity index is 1970. The average Bonchev–Trinajstić information content (AvgIpc) is 3.63. The molecular weight excluding hydrogens is 849 g/mol. The lowest BCUT2D eigenvalue weighted by molar-refractivity contribution is -0.571. The molecule has 2 N–H and O–H groups in total. The van der Waals surface area contributed by atoms with E-state index in [2.05, 4.69) is 26.1 Å². The molecule has 64 heavy (non-hydrogen) atoms. The fourth-order valence-corrected chi connectivity index (χ4v) is 13.4. The van der Waals surface area contributed by atoms with Gasteiger partial charge in [-0.15, -0.1) is 0 Å². The predicted octanol–water partition coefficient (Wildman–Crippen LogP) is 7.32. The van der Waals surface area contributed by atoms with Gasteiger partial charge in [0.05, 0.1) is 12.2 Å². The van der Waals surface area contributed by atoms with Gasteiger partial charge in [0.2, 0.25) is 17.5 Å². The first-order valence-corrected chi connectivity index (χ1v) is 23.4. The molecule has 4 bridgehead atoms. The van der Waals surface area contributed by atoms with Gasteiger partial charge in [-0.2, -0.15) is 0 Å². The second-order valence-corrected chi connectivity index (χ2v) is 20.6. The lowest BCUT2D eigenvalue weighted by Crippen LogP contribution is -2.70. The van der Waals surface area contributed by atoms with E-state index < -0.39 is 107 Å². The van der Waals surface area contributed by atoms with Crippen LogP contribution in [-0.2, 0) is 48.1 Å². The summed E-state index contributed by atoms with van der Waals surface area (Å²) in [6.07, 6.45) is 4.06. The number of nitrogens with zero attached hydrogens (tertiary/aromatic N) is 1. The van der Waals surface area contributed by atoms with Gasteiger partial charge in [-0.3, -0.25) is 14.4 Å². The van der Waals surface area contributed by atoms with Crippen LogP contribution in [-0.4, -0.2) is 94.5 Å². The van der Waals surface area contributed by atoms with Gasteiger partial charge in [-0.25, -0.2) is 37.1 Å². The molecule has 0 radical (unpaired) electrons. The molecule has 2 saturated carbocycles. The van der Waals surface area contributed by atoms with Crippen LogP contribution in [0.25, 0.3) is 0 Å². The van der Waals surface area contributed by atoms with Crippen molar-refractivity contribution in [1.82, 2.24) is 10.2 Å². The molecular formula is C46H62F4N2O12. The number of fused-ring (bicyclic) bond motifs is 4. The third kappa shape index (κ3) is 7.48. The highest BCUT2D eigenvalue weighted by Crippen LogP contribution is 2.62. The van der Waals surface area contributed by atoms with Crippen LogP contribution in [0, 0.1) is 70.6 Å². The van der Waals surface area contributed by atoms with Gasteiger partial charge < -0.3 is 34.3 Å². The molecule has 10 fully saturated rings. The summed E-state index contributed by atoms with van der Waals surface area (Å²) in [5.41, 5.74) is -3.22. The van der Waals surface area contributed by atoms with Crippen molar-refractivity contribution in [2.45, 2.75) is 172 Å². The first kappa shape index (κ1) is 46.2. The molecule has 8 aliphatic heterocycles.